The Balaban J connectivity index is 1.35. The van der Waals surface area contributed by atoms with Crippen LogP contribution in [0.1, 0.15) is 43.0 Å². The number of carbonyl (C=O) groups excluding carboxylic acids is 1. The second-order valence-electron chi connectivity index (χ2n) is 11.3. The van der Waals surface area contributed by atoms with Gasteiger partial charge in [0.1, 0.15) is 11.6 Å². The molecule has 0 bridgehead atoms. The minimum Gasteiger partial charge on any atom is -0.326 e. The summed E-state index contributed by atoms with van der Waals surface area (Å²) in [7, 11) is 0. The first-order chi connectivity index (χ1) is 19.0. The summed E-state index contributed by atoms with van der Waals surface area (Å²) in [6.45, 7) is 3.61. The second-order valence-corrected chi connectivity index (χ2v) is 11.3. The summed E-state index contributed by atoms with van der Waals surface area (Å²) in [5.41, 5.74) is 4.42. The lowest BCUT2D eigenvalue weighted by molar-refractivity contribution is -0.196. The van der Waals surface area contributed by atoms with Crippen molar-refractivity contribution in [1.82, 2.24) is 9.78 Å². The minimum absolute atomic E-state index is 0.142. The van der Waals surface area contributed by atoms with Crippen molar-refractivity contribution in [3.8, 4) is 5.69 Å². The van der Waals surface area contributed by atoms with E-state index in [0.717, 1.165) is 28.5 Å². The van der Waals surface area contributed by atoms with Gasteiger partial charge in [0.2, 0.25) is 5.91 Å². The van der Waals surface area contributed by atoms with Crippen molar-refractivity contribution in [1.29, 1.82) is 0 Å². The number of fused-ring (bicyclic) bond motifs is 4. The van der Waals surface area contributed by atoms with Crippen LogP contribution in [0.4, 0.5) is 27.6 Å². The highest BCUT2D eigenvalue weighted by atomic mass is 19.4. The maximum atomic E-state index is 14.3. The first-order valence-corrected chi connectivity index (χ1v) is 13.3. The number of nitrogens with one attached hydrogen (secondary N) is 1. The van der Waals surface area contributed by atoms with E-state index in [-0.39, 0.29) is 17.9 Å². The van der Waals surface area contributed by atoms with E-state index in [1.165, 1.54) is 24.3 Å². The molecule has 1 aromatic heterocycles. The van der Waals surface area contributed by atoms with Crippen LogP contribution in [0.2, 0.25) is 0 Å². The zero-order valence-electron chi connectivity index (χ0n) is 22.0. The molecule has 3 aliphatic carbocycles. The first kappa shape index (κ1) is 26.5. The van der Waals surface area contributed by atoms with Crippen LogP contribution >= 0.6 is 0 Å². The first-order valence-electron chi connectivity index (χ1n) is 13.3. The van der Waals surface area contributed by atoms with Gasteiger partial charge in [0.25, 0.3) is 0 Å². The molecule has 1 N–H and O–H groups in total. The van der Waals surface area contributed by atoms with Gasteiger partial charge in [-0.05, 0) is 92.1 Å². The molecular formula is C31H28F5N3O. The van der Waals surface area contributed by atoms with Crippen molar-refractivity contribution in [3.05, 3.63) is 94.3 Å². The van der Waals surface area contributed by atoms with E-state index >= 15 is 0 Å². The number of aryl methyl sites for hydroxylation is 1. The summed E-state index contributed by atoms with van der Waals surface area (Å²) in [5.74, 6) is -5.38. The van der Waals surface area contributed by atoms with Gasteiger partial charge in [-0.1, -0.05) is 30.2 Å². The van der Waals surface area contributed by atoms with Crippen molar-refractivity contribution in [2.24, 2.45) is 23.2 Å². The fraction of sp³-hybridized carbons (Fsp3) is 0.355. The number of hydrogen-bond donors (Lipinski definition) is 1. The molecule has 3 aromatic rings. The average Bonchev–Trinajstić information content (AvgIpc) is 3.30. The van der Waals surface area contributed by atoms with Crippen molar-refractivity contribution in [2.45, 2.75) is 45.7 Å². The third-order valence-electron chi connectivity index (χ3n) is 8.90. The monoisotopic (exact) mass is 553 g/mol. The highest BCUT2D eigenvalue weighted by molar-refractivity contribution is 5.93. The van der Waals surface area contributed by atoms with Gasteiger partial charge >= 0.3 is 6.18 Å². The van der Waals surface area contributed by atoms with E-state index in [0.29, 0.717) is 30.5 Å². The number of rotatable bonds is 3. The molecule has 2 aromatic carbocycles. The molecule has 0 radical (unpaired) electrons. The molecule has 0 aliphatic heterocycles. The number of alkyl halides is 3. The van der Waals surface area contributed by atoms with Crippen LogP contribution in [-0.2, 0) is 11.2 Å². The maximum Gasteiger partial charge on any atom is 0.392 e. The van der Waals surface area contributed by atoms with Crippen LogP contribution in [0.15, 0.2) is 65.9 Å². The Morgan fingerprint density at radius 1 is 1.12 bits per heavy atom. The summed E-state index contributed by atoms with van der Waals surface area (Å²) >= 11 is 0. The van der Waals surface area contributed by atoms with Crippen LogP contribution in [0.5, 0.6) is 0 Å². The maximum absolute atomic E-state index is 14.3. The van der Waals surface area contributed by atoms with Gasteiger partial charge < -0.3 is 5.32 Å². The van der Waals surface area contributed by atoms with Gasteiger partial charge in [-0.2, -0.15) is 18.3 Å². The number of anilines is 1. The lowest BCUT2D eigenvalue weighted by atomic mass is 9.54. The Morgan fingerprint density at radius 3 is 2.58 bits per heavy atom. The predicted octanol–water partition coefficient (Wildman–Crippen LogP) is 7.58. The molecule has 1 saturated carbocycles. The van der Waals surface area contributed by atoms with Gasteiger partial charge in [-0.25, -0.2) is 13.5 Å². The number of halogens is 5. The van der Waals surface area contributed by atoms with E-state index in [9.17, 15) is 26.7 Å². The van der Waals surface area contributed by atoms with E-state index < -0.39 is 41.1 Å². The largest absolute Gasteiger partial charge is 0.392 e. The van der Waals surface area contributed by atoms with E-state index in [2.05, 4.69) is 10.4 Å². The number of amides is 1. The molecule has 4 nitrogen and oxygen atoms in total. The van der Waals surface area contributed by atoms with Crippen molar-refractivity contribution >= 4 is 17.7 Å². The Kier molecular flexibility index (Phi) is 6.23. The molecule has 1 fully saturated rings. The fourth-order valence-electron chi connectivity index (χ4n) is 6.83. The zero-order valence-corrected chi connectivity index (χ0v) is 22.0. The Bertz CT molecular complexity index is 1550. The van der Waals surface area contributed by atoms with Crippen LogP contribution in [-0.4, -0.2) is 21.9 Å². The van der Waals surface area contributed by atoms with Crippen LogP contribution in [0.3, 0.4) is 0 Å². The summed E-state index contributed by atoms with van der Waals surface area (Å²) in [6.07, 6.45) is 2.09. The van der Waals surface area contributed by atoms with Gasteiger partial charge in [0.15, 0.2) is 0 Å². The third kappa shape index (κ3) is 4.35. The topological polar surface area (TPSA) is 46.9 Å². The van der Waals surface area contributed by atoms with Gasteiger partial charge in [0.05, 0.1) is 29.4 Å². The average molecular weight is 554 g/mol. The van der Waals surface area contributed by atoms with Crippen LogP contribution in [0.25, 0.3) is 11.8 Å². The smallest absolute Gasteiger partial charge is 0.326 e. The normalized spacial score (nSPS) is 25.7. The molecule has 40 heavy (non-hydrogen) atoms. The third-order valence-corrected chi connectivity index (χ3v) is 8.90. The van der Waals surface area contributed by atoms with Crippen LogP contribution in [0, 0.1) is 41.7 Å². The molecular weight excluding hydrogens is 525 g/mol. The van der Waals surface area contributed by atoms with Crippen molar-refractivity contribution in [3.63, 3.8) is 0 Å². The Hall–Kier alpha value is -3.75. The van der Waals surface area contributed by atoms with E-state index in [1.54, 1.807) is 36.0 Å². The second kappa shape index (κ2) is 9.42. The summed E-state index contributed by atoms with van der Waals surface area (Å²) in [4.78, 5) is 13.5. The van der Waals surface area contributed by atoms with Gasteiger partial charge in [-0.3, -0.25) is 4.79 Å². The summed E-state index contributed by atoms with van der Waals surface area (Å²) in [5, 5.41) is 7.10. The lowest BCUT2D eigenvalue weighted by Gasteiger charge is -2.50. The number of allylic oxidation sites excluding steroid dienone is 3. The lowest BCUT2D eigenvalue weighted by Crippen LogP contribution is -2.49. The standard InChI is InChI=1S/C31H28F5N3O/c1-17-3-7-21(14-26(17)33)38-29(40)28-23-10-4-19-13-27-18(16-37-39(27)22-8-5-20(32)6-9-22)15-30(19,2)24(23)11-12-25(28)31(34,35)36/h3,5-9,11,13-14,16,23,25,28H,4,10,12,15H2,1-2H3,(H,38,40)/t23?,25-,28-,30+/m1/s1. The number of aromatic nitrogens is 2. The van der Waals surface area contributed by atoms with Crippen LogP contribution < -0.4 is 5.32 Å². The Morgan fingerprint density at radius 2 is 1.88 bits per heavy atom. The minimum atomic E-state index is -4.56. The van der Waals surface area contributed by atoms with Crippen molar-refractivity contribution < 1.29 is 26.7 Å². The molecule has 1 heterocycles. The number of nitrogens with zero attached hydrogens (tertiary/aromatic N) is 2. The Labute approximate surface area is 228 Å². The zero-order chi connectivity index (χ0) is 28.4. The van der Waals surface area contributed by atoms with E-state index in [1.807, 2.05) is 13.0 Å². The van der Waals surface area contributed by atoms with E-state index in [4.69, 9.17) is 0 Å². The predicted molar refractivity (Wildman–Crippen MR) is 142 cm³/mol. The number of hydrogen-bond acceptors (Lipinski definition) is 2. The number of carbonyl (C=O) groups is 1. The molecule has 0 saturated heterocycles. The molecule has 208 valence electrons. The molecule has 1 unspecified atom stereocenters. The molecule has 3 aliphatic rings. The fourth-order valence-corrected chi connectivity index (χ4v) is 6.83. The quantitative estimate of drug-likeness (QED) is 0.269. The highest BCUT2D eigenvalue weighted by Gasteiger charge is 2.56. The summed E-state index contributed by atoms with van der Waals surface area (Å²) < 4.78 is 72.1. The van der Waals surface area contributed by atoms with Crippen molar-refractivity contribution in [2.75, 3.05) is 5.32 Å². The van der Waals surface area contributed by atoms with Gasteiger partial charge in [-0.15, -0.1) is 0 Å². The summed E-state index contributed by atoms with van der Waals surface area (Å²) in [6, 6.07) is 10.2. The molecule has 4 atom stereocenters. The molecule has 6 rings (SSSR count). The van der Waals surface area contributed by atoms with Gasteiger partial charge in [0, 0.05) is 11.1 Å². The number of benzene rings is 2. The molecule has 1 amide bonds. The highest BCUT2D eigenvalue weighted by Crippen LogP contribution is 2.59. The molecule has 0 spiro atoms. The SMILES string of the molecule is Cc1ccc(NC(=O)[C@@H]2C3CCC4=Cc5c(cnn5-c5ccc(F)cc5)C[C@]4(C)C3=CC[C@H]2C(F)(F)F)cc1F. The molecule has 9 heteroatoms.